The van der Waals surface area contributed by atoms with E-state index < -0.39 is 6.17 Å². The Balaban J connectivity index is 0.00000208. The van der Waals surface area contributed by atoms with Gasteiger partial charge in [-0.05, 0) is 26.0 Å². The highest BCUT2D eigenvalue weighted by molar-refractivity contribution is 5.86. The van der Waals surface area contributed by atoms with Crippen molar-refractivity contribution in [2.45, 2.75) is 32.5 Å². The lowest BCUT2D eigenvalue weighted by atomic mass is 9.96. The fraction of sp³-hybridized carbons (Fsp3) is 0.529. The number of carbonyl (C=O) groups excluding carboxylic acids is 1. The number of nitrogens with zero attached hydrogens (tertiary/aromatic N) is 2. The van der Waals surface area contributed by atoms with Gasteiger partial charge >= 0.3 is 5.97 Å². The molecule has 1 saturated heterocycles. The maximum absolute atomic E-state index is 14.1. The number of ether oxygens (including phenoxy) is 1. The molecule has 7 heteroatoms. The second-order valence-corrected chi connectivity index (χ2v) is 5.90. The van der Waals surface area contributed by atoms with Crippen LogP contribution in [0.25, 0.3) is 10.9 Å². The number of rotatable bonds is 5. The Bertz CT molecular complexity index is 692. The standard InChI is InChI=1S/C17H22FN3O2.ClH/c1-2-23-17(22)9-15-13-5-3-4-6-16(13)21(20-15)11-12-7-8-19-10-14(12)18;/h3-6,12,14,19H,2,7-11H2,1H3;1H/t12-,14-;/m1./s1. The summed E-state index contributed by atoms with van der Waals surface area (Å²) in [6.07, 6.45) is 0.0788. The van der Waals surface area contributed by atoms with Crippen LogP contribution in [0.3, 0.4) is 0 Å². The van der Waals surface area contributed by atoms with E-state index in [2.05, 4.69) is 10.4 Å². The third-order valence-electron chi connectivity index (χ3n) is 4.30. The second kappa shape index (κ2) is 8.44. The molecule has 1 N–H and O–H groups in total. The first-order valence-corrected chi connectivity index (χ1v) is 8.14. The number of alkyl halides is 1. The van der Waals surface area contributed by atoms with Gasteiger partial charge in [0, 0.05) is 24.4 Å². The molecule has 5 nitrogen and oxygen atoms in total. The van der Waals surface area contributed by atoms with Crippen LogP contribution in [-0.2, 0) is 22.5 Å². The van der Waals surface area contributed by atoms with Gasteiger partial charge in [-0.15, -0.1) is 12.4 Å². The predicted molar refractivity (Wildman–Crippen MR) is 93.2 cm³/mol. The molecule has 0 spiro atoms. The normalized spacial score (nSPS) is 20.6. The first kappa shape index (κ1) is 18.7. The van der Waals surface area contributed by atoms with Crippen LogP contribution < -0.4 is 5.32 Å². The molecule has 3 rings (SSSR count). The van der Waals surface area contributed by atoms with Crippen molar-refractivity contribution in [3.63, 3.8) is 0 Å². The number of esters is 1. The molecule has 2 atom stereocenters. The molecule has 1 aliphatic rings. The Morgan fingerprint density at radius 2 is 2.25 bits per heavy atom. The summed E-state index contributed by atoms with van der Waals surface area (Å²) in [6, 6.07) is 7.77. The van der Waals surface area contributed by atoms with E-state index in [1.807, 2.05) is 28.9 Å². The lowest BCUT2D eigenvalue weighted by Crippen LogP contribution is -2.39. The smallest absolute Gasteiger partial charge is 0.311 e. The molecule has 1 aromatic heterocycles. The third-order valence-corrected chi connectivity index (χ3v) is 4.30. The van der Waals surface area contributed by atoms with Crippen LogP contribution in [0.1, 0.15) is 19.0 Å². The summed E-state index contributed by atoms with van der Waals surface area (Å²) in [4.78, 5) is 11.8. The predicted octanol–water partition coefficient (Wildman–Crippen LogP) is 2.51. The third kappa shape index (κ3) is 4.05. The summed E-state index contributed by atoms with van der Waals surface area (Å²) in [5.74, 6) is -0.330. The molecule has 0 radical (unpaired) electrons. The van der Waals surface area contributed by atoms with Crippen molar-refractivity contribution in [3.05, 3.63) is 30.0 Å². The van der Waals surface area contributed by atoms with Gasteiger partial charge in [-0.3, -0.25) is 9.48 Å². The highest BCUT2D eigenvalue weighted by Gasteiger charge is 2.26. The number of benzene rings is 1. The van der Waals surface area contributed by atoms with Gasteiger partial charge in [0.1, 0.15) is 6.17 Å². The van der Waals surface area contributed by atoms with Crippen molar-refractivity contribution < 1.29 is 13.9 Å². The number of nitrogens with one attached hydrogen (secondary N) is 1. The minimum Gasteiger partial charge on any atom is -0.466 e. The molecule has 1 fully saturated rings. The summed E-state index contributed by atoms with van der Waals surface area (Å²) in [6.45, 7) is 3.91. The van der Waals surface area contributed by atoms with Crippen LogP contribution >= 0.6 is 12.4 Å². The van der Waals surface area contributed by atoms with Gasteiger partial charge in [-0.1, -0.05) is 18.2 Å². The minimum absolute atomic E-state index is 0. The van der Waals surface area contributed by atoms with Gasteiger partial charge in [-0.25, -0.2) is 4.39 Å². The van der Waals surface area contributed by atoms with E-state index in [4.69, 9.17) is 4.74 Å². The number of hydrogen-bond donors (Lipinski definition) is 1. The first-order chi connectivity index (χ1) is 11.2. The molecule has 2 aromatic rings. The van der Waals surface area contributed by atoms with E-state index in [-0.39, 0.29) is 30.7 Å². The van der Waals surface area contributed by atoms with E-state index in [0.717, 1.165) is 23.9 Å². The van der Waals surface area contributed by atoms with Gasteiger partial charge < -0.3 is 10.1 Å². The Hall–Kier alpha value is -1.66. The highest BCUT2D eigenvalue weighted by Crippen LogP contribution is 2.23. The Morgan fingerprint density at radius 3 is 3.00 bits per heavy atom. The molecule has 132 valence electrons. The van der Waals surface area contributed by atoms with E-state index in [0.29, 0.717) is 25.4 Å². The molecular weight excluding hydrogens is 333 g/mol. The van der Waals surface area contributed by atoms with Crippen molar-refractivity contribution in [1.29, 1.82) is 0 Å². The van der Waals surface area contributed by atoms with E-state index in [9.17, 15) is 9.18 Å². The maximum Gasteiger partial charge on any atom is 0.311 e. The number of para-hydroxylation sites is 1. The Morgan fingerprint density at radius 1 is 1.46 bits per heavy atom. The SMILES string of the molecule is CCOC(=O)Cc1nn(C[C@H]2CCNC[C@H]2F)c2ccccc12.Cl. The minimum atomic E-state index is -0.861. The number of piperidine rings is 1. The fourth-order valence-corrected chi connectivity index (χ4v) is 3.12. The van der Waals surface area contributed by atoms with E-state index in [1.54, 1.807) is 6.92 Å². The van der Waals surface area contributed by atoms with Gasteiger partial charge in [0.05, 0.1) is 24.2 Å². The van der Waals surface area contributed by atoms with E-state index >= 15 is 0 Å². The van der Waals surface area contributed by atoms with Crippen LogP contribution in [0.4, 0.5) is 4.39 Å². The Labute approximate surface area is 147 Å². The zero-order valence-electron chi connectivity index (χ0n) is 13.7. The van der Waals surface area contributed by atoms with Gasteiger partial charge in [0.2, 0.25) is 0 Å². The molecule has 1 aliphatic heterocycles. The first-order valence-electron chi connectivity index (χ1n) is 8.14. The molecule has 2 heterocycles. The van der Waals surface area contributed by atoms with Crippen LogP contribution in [0.15, 0.2) is 24.3 Å². The van der Waals surface area contributed by atoms with Crippen LogP contribution in [0, 0.1) is 5.92 Å². The zero-order chi connectivity index (χ0) is 16.2. The van der Waals surface area contributed by atoms with Gasteiger partial charge in [0.25, 0.3) is 0 Å². The van der Waals surface area contributed by atoms with Crippen molar-refractivity contribution in [1.82, 2.24) is 15.1 Å². The molecule has 0 aliphatic carbocycles. The molecule has 0 unspecified atom stereocenters. The fourth-order valence-electron chi connectivity index (χ4n) is 3.12. The molecule has 0 saturated carbocycles. The molecule has 0 amide bonds. The van der Waals surface area contributed by atoms with Gasteiger partial charge in [-0.2, -0.15) is 5.10 Å². The number of hydrogen-bond acceptors (Lipinski definition) is 4. The highest BCUT2D eigenvalue weighted by atomic mass is 35.5. The molecule has 1 aromatic carbocycles. The molecule has 0 bridgehead atoms. The average molecular weight is 356 g/mol. The van der Waals surface area contributed by atoms with Crippen molar-refractivity contribution in [2.75, 3.05) is 19.7 Å². The van der Waals surface area contributed by atoms with Gasteiger partial charge in [0.15, 0.2) is 0 Å². The number of aromatic nitrogens is 2. The second-order valence-electron chi connectivity index (χ2n) is 5.90. The maximum atomic E-state index is 14.1. The monoisotopic (exact) mass is 355 g/mol. The average Bonchev–Trinajstić information content (AvgIpc) is 2.88. The summed E-state index contributed by atoms with van der Waals surface area (Å²) in [5.41, 5.74) is 1.64. The molecule has 24 heavy (non-hydrogen) atoms. The summed E-state index contributed by atoms with van der Waals surface area (Å²) >= 11 is 0. The van der Waals surface area contributed by atoms with Crippen LogP contribution in [0.5, 0.6) is 0 Å². The Kier molecular flexibility index (Phi) is 6.57. The quantitative estimate of drug-likeness (QED) is 0.837. The summed E-state index contributed by atoms with van der Waals surface area (Å²) in [7, 11) is 0. The molecular formula is C17H23ClFN3O2. The van der Waals surface area contributed by atoms with Crippen molar-refractivity contribution in [2.24, 2.45) is 5.92 Å². The largest absolute Gasteiger partial charge is 0.466 e. The van der Waals surface area contributed by atoms with Crippen molar-refractivity contribution in [3.8, 4) is 0 Å². The number of carbonyl (C=O) groups is 1. The van der Waals surface area contributed by atoms with Crippen molar-refractivity contribution >= 4 is 29.3 Å². The summed E-state index contributed by atoms with van der Waals surface area (Å²) in [5, 5.41) is 8.57. The van der Waals surface area contributed by atoms with Crippen LogP contribution in [0.2, 0.25) is 0 Å². The number of halogens is 2. The summed E-state index contributed by atoms with van der Waals surface area (Å²) < 4.78 is 20.9. The zero-order valence-corrected chi connectivity index (χ0v) is 14.5. The lowest BCUT2D eigenvalue weighted by molar-refractivity contribution is -0.142. The lowest BCUT2D eigenvalue weighted by Gasteiger charge is -2.26. The number of fused-ring (bicyclic) bond motifs is 1. The van der Waals surface area contributed by atoms with Crippen LogP contribution in [-0.4, -0.2) is 41.6 Å². The topological polar surface area (TPSA) is 56.1 Å². The van der Waals surface area contributed by atoms with E-state index in [1.165, 1.54) is 0 Å².